The minimum absolute atomic E-state index is 0.225. The summed E-state index contributed by atoms with van der Waals surface area (Å²) in [4.78, 5) is 4.39. The summed E-state index contributed by atoms with van der Waals surface area (Å²) in [6.07, 6.45) is 3.73. The van der Waals surface area contributed by atoms with Gasteiger partial charge in [-0.05, 0) is 42.5 Å². The third-order valence-electron chi connectivity index (χ3n) is 3.16. The summed E-state index contributed by atoms with van der Waals surface area (Å²) in [7, 11) is 1.67. The van der Waals surface area contributed by atoms with E-state index in [1.54, 1.807) is 7.11 Å². The molecular weight excluding hydrogens is 260 g/mol. The molecule has 0 aliphatic carbocycles. The average molecular weight is 279 g/mol. The molecule has 0 amide bonds. The van der Waals surface area contributed by atoms with Crippen LogP contribution in [0.4, 0.5) is 5.82 Å². The summed E-state index contributed by atoms with van der Waals surface area (Å²) in [6, 6.07) is 7.98. The van der Waals surface area contributed by atoms with E-state index in [4.69, 9.17) is 16.3 Å². The third kappa shape index (κ3) is 3.51. The number of benzene rings is 1. The minimum atomic E-state index is 0.225. The molecule has 1 aromatic carbocycles. The maximum Gasteiger partial charge on any atom is 0.133 e. The lowest BCUT2D eigenvalue weighted by Gasteiger charge is -2.11. The number of anilines is 1. The normalized spacial score (nSPS) is 12.4. The number of ether oxygens (including phenoxy) is 1. The van der Waals surface area contributed by atoms with Crippen molar-refractivity contribution in [2.24, 2.45) is 0 Å². The summed E-state index contributed by atoms with van der Waals surface area (Å²) >= 11 is 6.11. The van der Waals surface area contributed by atoms with Crippen LogP contribution >= 0.6 is 11.6 Å². The van der Waals surface area contributed by atoms with Gasteiger partial charge in [0.25, 0.3) is 0 Å². The van der Waals surface area contributed by atoms with Gasteiger partial charge in [-0.25, -0.2) is 4.98 Å². The number of nitrogens with zero attached hydrogens (tertiary/aromatic N) is 1. The number of methoxy groups -OCH3 is 1. The number of hydrogen-bond acceptors (Lipinski definition) is 3. The van der Waals surface area contributed by atoms with E-state index >= 15 is 0 Å². The minimum Gasteiger partial charge on any atom is -0.497 e. The Balaban J connectivity index is 2.14. The van der Waals surface area contributed by atoms with E-state index in [1.165, 1.54) is 0 Å². The Labute approximate surface area is 118 Å². The number of pyridine rings is 1. The lowest BCUT2D eigenvalue weighted by Crippen LogP contribution is -2.09. The highest BCUT2D eigenvalue weighted by molar-refractivity contribution is 6.20. The van der Waals surface area contributed by atoms with Crippen LogP contribution in [0.15, 0.2) is 30.5 Å². The van der Waals surface area contributed by atoms with Crippen LogP contribution in [0.2, 0.25) is 0 Å². The molecular formula is C15H19ClN2O. The molecule has 0 saturated heterocycles. The Bertz CT molecular complexity index is 545. The molecule has 4 heteroatoms. The molecule has 2 rings (SSSR count). The number of halogens is 1. The molecule has 19 heavy (non-hydrogen) atoms. The summed E-state index contributed by atoms with van der Waals surface area (Å²) in [6.45, 7) is 2.93. The molecule has 0 spiro atoms. The molecule has 3 nitrogen and oxygen atoms in total. The first-order chi connectivity index (χ1) is 9.24. The Hall–Kier alpha value is -1.48. The zero-order valence-corrected chi connectivity index (χ0v) is 12.1. The molecule has 0 aliphatic heterocycles. The van der Waals surface area contributed by atoms with Crippen molar-refractivity contribution in [1.29, 1.82) is 0 Å². The van der Waals surface area contributed by atoms with E-state index in [9.17, 15) is 0 Å². The molecule has 0 radical (unpaired) electrons. The maximum absolute atomic E-state index is 6.11. The van der Waals surface area contributed by atoms with E-state index in [0.717, 1.165) is 41.7 Å². The first-order valence-electron chi connectivity index (χ1n) is 6.55. The second-order valence-corrected chi connectivity index (χ2v) is 5.08. The second-order valence-electron chi connectivity index (χ2n) is 4.47. The zero-order valence-electron chi connectivity index (χ0n) is 11.3. The largest absolute Gasteiger partial charge is 0.497 e. The summed E-state index contributed by atoms with van der Waals surface area (Å²) in [5.74, 6) is 1.76. The summed E-state index contributed by atoms with van der Waals surface area (Å²) in [5, 5.41) is 5.80. The van der Waals surface area contributed by atoms with Crippen molar-refractivity contribution in [3.63, 3.8) is 0 Å². The van der Waals surface area contributed by atoms with Gasteiger partial charge in [-0.3, -0.25) is 0 Å². The van der Waals surface area contributed by atoms with Gasteiger partial charge in [0.1, 0.15) is 11.6 Å². The topological polar surface area (TPSA) is 34.2 Å². The highest BCUT2D eigenvalue weighted by Crippen LogP contribution is 2.25. The number of hydrogen-bond donors (Lipinski definition) is 1. The molecule has 102 valence electrons. The first-order valence-corrected chi connectivity index (χ1v) is 6.99. The van der Waals surface area contributed by atoms with Crippen LogP contribution in [0.3, 0.4) is 0 Å². The number of rotatable bonds is 6. The fourth-order valence-electron chi connectivity index (χ4n) is 1.98. The highest BCUT2D eigenvalue weighted by Gasteiger charge is 2.05. The van der Waals surface area contributed by atoms with E-state index < -0.39 is 0 Å². The van der Waals surface area contributed by atoms with Crippen LogP contribution in [-0.4, -0.2) is 24.0 Å². The van der Waals surface area contributed by atoms with E-state index in [1.807, 2.05) is 30.5 Å². The van der Waals surface area contributed by atoms with Gasteiger partial charge < -0.3 is 10.1 Å². The van der Waals surface area contributed by atoms with E-state index in [0.29, 0.717) is 0 Å². The molecule has 1 N–H and O–H groups in total. The third-order valence-corrected chi connectivity index (χ3v) is 3.69. The maximum atomic E-state index is 6.11. The lowest BCUT2D eigenvalue weighted by molar-refractivity contribution is 0.415. The molecule has 0 saturated carbocycles. The van der Waals surface area contributed by atoms with Gasteiger partial charge in [0, 0.05) is 23.5 Å². The highest BCUT2D eigenvalue weighted by atomic mass is 35.5. The SMILES string of the molecule is CCC(Cl)CCNc1nccc2cc(OC)ccc12. The average Bonchev–Trinajstić information content (AvgIpc) is 2.46. The van der Waals surface area contributed by atoms with E-state index in [2.05, 4.69) is 17.2 Å². The van der Waals surface area contributed by atoms with Crippen molar-refractivity contribution in [2.45, 2.75) is 25.1 Å². The molecule has 1 heterocycles. The van der Waals surface area contributed by atoms with Crippen molar-refractivity contribution < 1.29 is 4.74 Å². The van der Waals surface area contributed by atoms with Crippen LogP contribution in [0, 0.1) is 0 Å². The van der Waals surface area contributed by atoms with E-state index in [-0.39, 0.29) is 5.38 Å². The fraction of sp³-hybridized carbons (Fsp3) is 0.400. The standard InChI is InChI=1S/C15H19ClN2O/c1-3-12(16)7-9-18-15-14-5-4-13(19-2)10-11(14)6-8-17-15/h4-6,8,10,12H,3,7,9H2,1-2H3,(H,17,18). The van der Waals surface area contributed by atoms with Crippen molar-refractivity contribution >= 4 is 28.2 Å². The molecule has 1 atom stereocenters. The molecule has 0 fully saturated rings. The van der Waals surface area contributed by atoms with Gasteiger partial charge in [0.05, 0.1) is 7.11 Å². The predicted octanol–water partition coefficient (Wildman–Crippen LogP) is 4.06. The van der Waals surface area contributed by atoms with Gasteiger partial charge in [-0.2, -0.15) is 0 Å². The van der Waals surface area contributed by atoms with Crippen molar-refractivity contribution in [1.82, 2.24) is 4.98 Å². The Morgan fingerprint density at radius 1 is 1.37 bits per heavy atom. The Morgan fingerprint density at radius 3 is 2.95 bits per heavy atom. The van der Waals surface area contributed by atoms with Gasteiger partial charge in [0.2, 0.25) is 0 Å². The molecule has 0 aliphatic rings. The van der Waals surface area contributed by atoms with Gasteiger partial charge in [-0.15, -0.1) is 11.6 Å². The number of nitrogens with one attached hydrogen (secondary N) is 1. The smallest absolute Gasteiger partial charge is 0.133 e. The van der Waals surface area contributed by atoms with Crippen molar-refractivity contribution in [3.05, 3.63) is 30.5 Å². The number of aromatic nitrogens is 1. The first kappa shape index (κ1) is 13.9. The molecule has 2 aromatic rings. The monoisotopic (exact) mass is 278 g/mol. The lowest BCUT2D eigenvalue weighted by atomic mass is 10.1. The quantitative estimate of drug-likeness (QED) is 0.809. The Kier molecular flexibility index (Phi) is 4.86. The van der Waals surface area contributed by atoms with Crippen LogP contribution in [0.5, 0.6) is 5.75 Å². The van der Waals surface area contributed by atoms with Gasteiger partial charge >= 0.3 is 0 Å². The van der Waals surface area contributed by atoms with Crippen LogP contribution in [0.1, 0.15) is 19.8 Å². The van der Waals surface area contributed by atoms with Crippen LogP contribution in [-0.2, 0) is 0 Å². The zero-order chi connectivity index (χ0) is 13.7. The molecule has 1 aromatic heterocycles. The summed E-state index contributed by atoms with van der Waals surface area (Å²) in [5.41, 5.74) is 0. The van der Waals surface area contributed by atoms with Crippen LogP contribution in [0.25, 0.3) is 10.8 Å². The van der Waals surface area contributed by atoms with Gasteiger partial charge in [0.15, 0.2) is 0 Å². The predicted molar refractivity (Wildman–Crippen MR) is 81.3 cm³/mol. The Morgan fingerprint density at radius 2 is 2.21 bits per heavy atom. The number of alkyl halides is 1. The molecule has 0 bridgehead atoms. The second kappa shape index (κ2) is 6.62. The molecule has 1 unspecified atom stereocenters. The number of fused-ring (bicyclic) bond motifs is 1. The van der Waals surface area contributed by atoms with Crippen molar-refractivity contribution in [2.75, 3.05) is 19.0 Å². The van der Waals surface area contributed by atoms with Gasteiger partial charge in [-0.1, -0.05) is 6.92 Å². The fourth-order valence-corrected chi connectivity index (χ4v) is 2.08. The van der Waals surface area contributed by atoms with Crippen LogP contribution < -0.4 is 10.1 Å². The summed E-state index contributed by atoms with van der Waals surface area (Å²) < 4.78 is 5.23. The van der Waals surface area contributed by atoms with Crippen molar-refractivity contribution in [3.8, 4) is 5.75 Å².